The maximum absolute atomic E-state index is 5.49. The van der Waals surface area contributed by atoms with Gasteiger partial charge in [0.15, 0.2) is 0 Å². The summed E-state index contributed by atoms with van der Waals surface area (Å²) in [4.78, 5) is 2.48. The van der Waals surface area contributed by atoms with Crippen molar-refractivity contribution in [1.82, 2.24) is 4.90 Å². The first kappa shape index (κ1) is 10.3. The van der Waals surface area contributed by atoms with Gasteiger partial charge in [-0.3, -0.25) is 4.90 Å². The third-order valence-electron chi connectivity index (χ3n) is 2.21. The fraction of sp³-hybridized carbons (Fsp3) is 1.00. The van der Waals surface area contributed by atoms with Gasteiger partial charge in [-0.05, 0) is 19.4 Å². The van der Waals surface area contributed by atoms with Gasteiger partial charge in [-0.15, -0.1) is 11.6 Å². The van der Waals surface area contributed by atoms with Crippen LogP contribution >= 0.6 is 11.6 Å². The Morgan fingerprint density at radius 1 is 1.42 bits per heavy atom. The van der Waals surface area contributed by atoms with Crippen LogP contribution in [-0.2, 0) is 4.74 Å². The summed E-state index contributed by atoms with van der Waals surface area (Å²) in [5.41, 5.74) is 0. The van der Waals surface area contributed by atoms with E-state index in [2.05, 4.69) is 11.8 Å². The number of rotatable bonds is 7. The van der Waals surface area contributed by atoms with E-state index in [1.807, 2.05) is 0 Å². The van der Waals surface area contributed by atoms with Crippen molar-refractivity contribution in [2.45, 2.75) is 25.8 Å². The first-order chi connectivity index (χ1) is 5.88. The molecule has 1 aliphatic carbocycles. The molecule has 1 aliphatic rings. The Morgan fingerprint density at radius 3 is 2.67 bits per heavy atom. The highest BCUT2D eigenvalue weighted by Crippen LogP contribution is 2.25. The molecular weight excluding hydrogens is 174 g/mol. The number of hydrogen-bond acceptors (Lipinski definition) is 2. The van der Waals surface area contributed by atoms with Gasteiger partial charge < -0.3 is 4.74 Å². The molecule has 12 heavy (non-hydrogen) atoms. The average molecular weight is 192 g/mol. The second-order valence-electron chi connectivity index (χ2n) is 3.16. The van der Waals surface area contributed by atoms with Crippen LogP contribution in [0.3, 0.4) is 0 Å². The van der Waals surface area contributed by atoms with Crippen LogP contribution in [0.4, 0.5) is 0 Å². The first-order valence-corrected chi connectivity index (χ1v) is 5.29. The number of likely N-dealkylation sites (N-methyl/N-ethyl adjacent to an activating group) is 1. The molecule has 0 spiro atoms. The predicted molar refractivity (Wildman–Crippen MR) is 51.8 cm³/mol. The van der Waals surface area contributed by atoms with E-state index in [0.717, 1.165) is 25.7 Å². The molecule has 0 aromatic rings. The van der Waals surface area contributed by atoms with Crippen molar-refractivity contribution >= 4 is 11.6 Å². The molecule has 0 bridgehead atoms. The number of halogens is 1. The molecule has 1 rings (SSSR count). The third-order valence-corrected chi connectivity index (χ3v) is 2.37. The minimum Gasteiger partial charge on any atom is -0.379 e. The number of alkyl halides is 1. The van der Waals surface area contributed by atoms with E-state index in [0.29, 0.717) is 12.5 Å². The Morgan fingerprint density at radius 2 is 2.17 bits per heavy atom. The van der Waals surface area contributed by atoms with Crippen LogP contribution in [0.2, 0.25) is 0 Å². The van der Waals surface area contributed by atoms with Gasteiger partial charge in [0, 0.05) is 18.5 Å². The van der Waals surface area contributed by atoms with Crippen molar-refractivity contribution in [1.29, 1.82) is 0 Å². The van der Waals surface area contributed by atoms with E-state index in [1.54, 1.807) is 0 Å². The van der Waals surface area contributed by atoms with Crippen molar-refractivity contribution < 1.29 is 4.74 Å². The van der Waals surface area contributed by atoms with Gasteiger partial charge in [0.05, 0.1) is 13.2 Å². The Bertz CT molecular complexity index is 117. The van der Waals surface area contributed by atoms with Gasteiger partial charge in [-0.2, -0.15) is 0 Å². The topological polar surface area (TPSA) is 12.5 Å². The van der Waals surface area contributed by atoms with Gasteiger partial charge in [-0.1, -0.05) is 6.92 Å². The van der Waals surface area contributed by atoms with Crippen molar-refractivity contribution in [3.63, 3.8) is 0 Å². The molecule has 1 fully saturated rings. The quantitative estimate of drug-likeness (QED) is 0.449. The molecule has 0 amide bonds. The molecule has 1 saturated carbocycles. The van der Waals surface area contributed by atoms with E-state index < -0.39 is 0 Å². The second kappa shape index (κ2) is 5.79. The summed E-state index contributed by atoms with van der Waals surface area (Å²) >= 11 is 5.49. The number of ether oxygens (including phenoxy) is 1. The molecule has 0 aromatic heterocycles. The fourth-order valence-corrected chi connectivity index (χ4v) is 1.49. The fourth-order valence-electron chi connectivity index (χ4n) is 1.38. The Hall–Kier alpha value is 0.210. The summed E-state index contributed by atoms with van der Waals surface area (Å²) in [7, 11) is 0. The number of nitrogens with zero attached hydrogens (tertiary/aromatic N) is 1. The molecule has 0 saturated heterocycles. The van der Waals surface area contributed by atoms with Gasteiger partial charge in [0.1, 0.15) is 0 Å². The van der Waals surface area contributed by atoms with E-state index in [-0.39, 0.29) is 0 Å². The summed E-state index contributed by atoms with van der Waals surface area (Å²) in [5.74, 6) is 0.607. The van der Waals surface area contributed by atoms with E-state index in [1.165, 1.54) is 12.8 Å². The largest absolute Gasteiger partial charge is 0.379 e. The van der Waals surface area contributed by atoms with Gasteiger partial charge in [-0.25, -0.2) is 0 Å². The summed E-state index contributed by atoms with van der Waals surface area (Å²) in [6, 6.07) is 0.856. The lowest BCUT2D eigenvalue weighted by atomic mass is 10.4. The highest BCUT2D eigenvalue weighted by atomic mass is 35.5. The zero-order chi connectivity index (χ0) is 8.81. The Kier molecular flexibility index (Phi) is 4.96. The SMILES string of the molecule is CCN(CCOCCCl)C1CC1. The van der Waals surface area contributed by atoms with Crippen LogP contribution in [-0.4, -0.2) is 43.1 Å². The van der Waals surface area contributed by atoms with E-state index >= 15 is 0 Å². The van der Waals surface area contributed by atoms with Crippen LogP contribution in [0.15, 0.2) is 0 Å². The second-order valence-corrected chi connectivity index (χ2v) is 3.54. The van der Waals surface area contributed by atoms with Crippen LogP contribution in [0.1, 0.15) is 19.8 Å². The molecule has 0 aliphatic heterocycles. The Labute approximate surface area is 79.8 Å². The molecule has 0 radical (unpaired) electrons. The van der Waals surface area contributed by atoms with Crippen molar-refractivity contribution in [2.24, 2.45) is 0 Å². The highest BCUT2D eigenvalue weighted by Gasteiger charge is 2.26. The lowest BCUT2D eigenvalue weighted by molar-refractivity contribution is 0.114. The highest BCUT2D eigenvalue weighted by molar-refractivity contribution is 6.17. The molecule has 2 nitrogen and oxygen atoms in total. The van der Waals surface area contributed by atoms with Gasteiger partial charge in [0.2, 0.25) is 0 Å². The lowest BCUT2D eigenvalue weighted by Crippen LogP contribution is -2.29. The molecule has 72 valence electrons. The molecule has 0 aromatic carbocycles. The van der Waals surface area contributed by atoms with Crippen LogP contribution < -0.4 is 0 Å². The van der Waals surface area contributed by atoms with Crippen LogP contribution in [0.25, 0.3) is 0 Å². The lowest BCUT2D eigenvalue weighted by Gasteiger charge is -2.19. The monoisotopic (exact) mass is 191 g/mol. The summed E-state index contributed by atoms with van der Waals surface area (Å²) < 4.78 is 5.32. The maximum atomic E-state index is 5.49. The molecule has 0 N–H and O–H groups in total. The zero-order valence-electron chi connectivity index (χ0n) is 7.76. The first-order valence-electron chi connectivity index (χ1n) is 4.76. The van der Waals surface area contributed by atoms with Crippen molar-refractivity contribution in [3.05, 3.63) is 0 Å². The zero-order valence-corrected chi connectivity index (χ0v) is 8.52. The summed E-state index contributed by atoms with van der Waals surface area (Å²) in [6.07, 6.45) is 2.76. The Balaban J connectivity index is 1.95. The molecule has 0 unspecified atom stereocenters. The molecule has 3 heteroatoms. The smallest absolute Gasteiger partial charge is 0.0602 e. The van der Waals surface area contributed by atoms with Crippen molar-refractivity contribution in [3.8, 4) is 0 Å². The van der Waals surface area contributed by atoms with Crippen molar-refractivity contribution in [2.75, 3.05) is 32.2 Å². The minimum absolute atomic E-state index is 0.607. The predicted octanol–water partition coefficient (Wildman–Crippen LogP) is 1.73. The molecule has 0 atom stereocenters. The maximum Gasteiger partial charge on any atom is 0.0602 e. The standard InChI is InChI=1S/C9H18ClNO/c1-2-11(9-3-4-9)6-8-12-7-5-10/h9H,2-8H2,1H3. The van der Waals surface area contributed by atoms with E-state index in [4.69, 9.17) is 16.3 Å². The van der Waals surface area contributed by atoms with Crippen LogP contribution in [0.5, 0.6) is 0 Å². The van der Waals surface area contributed by atoms with Crippen LogP contribution in [0, 0.1) is 0 Å². The minimum atomic E-state index is 0.607. The normalized spacial score (nSPS) is 17.2. The number of hydrogen-bond donors (Lipinski definition) is 0. The molecular formula is C9H18ClNO. The molecule has 0 heterocycles. The van der Waals surface area contributed by atoms with Gasteiger partial charge in [0.25, 0.3) is 0 Å². The third kappa shape index (κ3) is 3.74. The van der Waals surface area contributed by atoms with Gasteiger partial charge >= 0.3 is 0 Å². The average Bonchev–Trinajstić information content (AvgIpc) is 2.88. The summed E-state index contributed by atoms with van der Waals surface area (Å²) in [6.45, 7) is 5.94. The summed E-state index contributed by atoms with van der Waals surface area (Å²) in [5, 5.41) is 0. The van der Waals surface area contributed by atoms with E-state index in [9.17, 15) is 0 Å².